The molecule has 1 nitrogen and oxygen atoms in total. The Bertz CT molecular complexity index is 304. The zero-order valence-electron chi connectivity index (χ0n) is 7.10. The van der Waals surface area contributed by atoms with Gasteiger partial charge in [-0.05, 0) is 11.6 Å². The lowest BCUT2D eigenvalue weighted by atomic mass is 9.99. The molecule has 2 rings (SSSR count). The molecule has 0 aromatic heterocycles. The quantitative estimate of drug-likeness (QED) is 0.489. The van der Waals surface area contributed by atoms with Crippen molar-refractivity contribution in [3.8, 4) is 0 Å². The van der Waals surface area contributed by atoms with Crippen molar-refractivity contribution in [1.82, 2.24) is 0 Å². The molecule has 0 spiro atoms. The van der Waals surface area contributed by atoms with Crippen LogP contribution in [0.5, 0.6) is 0 Å². The van der Waals surface area contributed by atoms with E-state index in [9.17, 15) is 0 Å². The molecule has 12 heavy (non-hydrogen) atoms. The van der Waals surface area contributed by atoms with Crippen LogP contribution in [0.25, 0.3) is 0 Å². The van der Waals surface area contributed by atoms with E-state index in [1.807, 2.05) is 0 Å². The SMILES string of the molecule is CC1=[NH+]CCc2ccccc21.[I-]. The number of benzene rings is 1. The Kier molecular flexibility index (Phi) is 3.26. The van der Waals surface area contributed by atoms with E-state index in [0.29, 0.717) is 0 Å². The van der Waals surface area contributed by atoms with Crippen molar-refractivity contribution in [2.45, 2.75) is 13.3 Å². The van der Waals surface area contributed by atoms with Gasteiger partial charge in [0.15, 0.2) is 5.71 Å². The molecule has 0 atom stereocenters. The van der Waals surface area contributed by atoms with Crippen molar-refractivity contribution < 1.29 is 29.0 Å². The molecule has 2 heteroatoms. The van der Waals surface area contributed by atoms with Gasteiger partial charge in [-0.2, -0.15) is 0 Å². The fourth-order valence-corrected chi connectivity index (χ4v) is 1.58. The Balaban J connectivity index is 0.000000720. The molecule has 1 heterocycles. The topological polar surface area (TPSA) is 14.0 Å². The summed E-state index contributed by atoms with van der Waals surface area (Å²) in [6.07, 6.45) is 1.16. The Morgan fingerprint density at radius 2 is 2.00 bits per heavy atom. The maximum Gasteiger partial charge on any atom is 0.178 e. The lowest BCUT2D eigenvalue weighted by Gasteiger charge is -2.07. The summed E-state index contributed by atoms with van der Waals surface area (Å²) in [5.74, 6) is 0. The van der Waals surface area contributed by atoms with Crippen molar-refractivity contribution in [2.75, 3.05) is 6.54 Å². The number of fused-ring (bicyclic) bond motifs is 1. The number of hydrogen-bond donors (Lipinski definition) is 1. The van der Waals surface area contributed by atoms with Gasteiger partial charge in [-0.1, -0.05) is 18.2 Å². The van der Waals surface area contributed by atoms with Crippen molar-refractivity contribution in [3.63, 3.8) is 0 Å². The van der Waals surface area contributed by atoms with Gasteiger partial charge in [-0.25, -0.2) is 4.99 Å². The molecule has 1 N–H and O–H groups in total. The second kappa shape index (κ2) is 4.03. The number of hydrogen-bond acceptors (Lipinski definition) is 0. The van der Waals surface area contributed by atoms with E-state index in [2.05, 4.69) is 36.2 Å². The molecule has 0 bridgehead atoms. The van der Waals surface area contributed by atoms with Crippen LogP contribution in [0, 0.1) is 0 Å². The van der Waals surface area contributed by atoms with Crippen LogP contribution in [0.2, 0.25) is 0 Å². The van der Waals surface area contributed by atoms with E-state index in [4.69, 9.17) is 0 Å². The van der Waals surface area contributed by atoms with Crippen LogP contribution in [0.1, 0.15) is 18.1 Å². The molecule has 0 unspecified atom stereocenters. The third-order valence-corrected chi connectivity index (χ3v) is 2.21. The normalized spacial score (nSPS) is 14.2. The summed E-state index contributed by atoms with van der Waals surface area (Å²) >= 11 is 0. The highest BCUT2D eigenvalue weighted by molar-refractivity contribution is 5.96. The predicted molar refractivity (Wildman–Crippen MR) is 45.8 cm³/mol. The fraction of sp³-hybridized carbons (Fsp3) is 0.300. The minimum absolute atomic E-state index is 0. The van der Waals surface area contributed by atoms with Gasteiger partial charge in [0.1, 0.15) is 6.54 Å². The molecular weight excluding hydrogens is 261 g/mol. The summed E-state index contributed by atoms with van der Waals surface area (Å²) in [5.41, 5.74) is 4.18. The molecule has 1 aliphatic heterocycles. The van der Waals surface area contributed by atoms with Gasteiger partial charge in [0.05, 0.1) is 0 Å². The molecule has 0 saturated heterocycles. The molecular formula is C10H12IN. The fourth-order valence-electron chi connectivity index (χ4n) is 1.58. The van der Waals surface area contributed by atoms with Gasteiger partial charge < -0.3 is 24.0 Å². The summed E-state index contributed by atoms with van der Waals surface area (Å²) in [7, 11) is 0. The summed E-state index contributed by atoms with van der Waals surface area (Å²) in [5, 5.41) is 0. The van der Waals surface area contributed by atoms with Gasteiger partial charge in [0.25, 0.3) is 0 Å². The second-order valence-electron chi connectivity index (χ2n) is 2.96. The first-order valence-electron chi connectivity index (χ1n) is 4.03. The first kappa shape index (κ1) is 9.71. The Morgan fingerprint density at radius 3 is 2.75 bits per heavy atom. The van der Waals surface area contributed by atoms with Crippen molar-refractivity contribution in [3.05, 3.63) is 35.4 Å². The highest BCUT2D eigenvalue weighted by atomic mass is 127. The van der Waals surface area contributed by atoms with Crippen LogP contribution in [0.4, 0.5) is 0 Å². The van der Waals surface area contributed by atoms with Crippen LogP contribution >= 0.6 is 0 Å². The monoisotopic (exact) mass is 273 g/mol. The van der Waals surface area contributed by atoms with Crippen molar-refractivity contribution >= 4 is 5.71 Å². The molecule has 0 radical (unpaired) electrons. The summed E-state index contributed by atoms with van der Waals surface area (Å²) in [6, 6.07) is 8.59. The maximum absolute atomic E-state index is 3.35. The number of rotatable bonds is 0. The van der Waals surface area contributed by atoms with Crippen LogP contribution in [-0.2, 0) is 6.42 Å². The zero-order valence-corrected chi connectivity index (χ0v) is 9.26. The van der Waals surface area contributed by atoms with Gasteiger partial charge in [0, 0.05) is 18.9 Å². The van der Waals surface area contributed by atoms with Crippen LogP contribution in [0.3, 0.4) is 0 Å². The van der Waals surface area contributed by atoms with Gasteiger partial charge >= 0.3 is 0 Å². The lowest BCUT2D eigenvalue weighted by molar-refractivity contribution is -0.458. The third kappa shape index (κ3) is 1.68. The van der Waals surface area contributed by atoms with E-state index in [1.165, 1.54) is 16.8 Å². The predicted octanol–water partition coefficient (Wildman–Crippen LogP) is -2.86. The number of nitrogens with one attached hydrogen (secondary N) is 1. The van der Waals surface area contributed by atoms with E-state index >= 15 is 0 Å². The summed E-state index contributed by atoms with van der Waals surface area (Å²) in [4.78, 5) is 3.35. The van der Waals surface area contributed by atoms with Crippen LogP contribution in [-0.4, -0.2) is 12.3 Å². The Labute approximate surface area is 89.9 Å². The third-order valence-electron chi connectivity index (χ3n) is 2.21. The van der Waals surface area contributed by atoms with E-state index in [1.54, 1.807) is 0 Å². The molecule has 0 aliphatic carbocycles. The van der Waals surface area contributed by atoms with Crippen LogP contribution < -0.4 is 29.0 Å². The zero-order chi connectivity index (χ0) is 7.68. The minimum atomic E-state index is 0. The molecule has 0 amide bonds. The van der Waals surface area contributed by atoms with Crippen LogP contribution in [0.15, 0.2) is 24.3 Å². The molecule has 1 aromatic carbocycles. The second-order valence-corrected chi connectivity index (χ2v) is 2.96. The van der Waals surface area contributed by atoms with Crippen molar-refractivity contribution in [1.29, 1.82) is 0 Å². The van der Waals surface area contributed by atoms with Gasteiger partial charge in [-0.3, -0.25) is 0 Å². The van der Waals surface area contributed by atoms with E-state index in [-0.39, 0.29) is 24.0 Å². The average molecular weight is 273 g/mol. The maximum atomic E-state index is 3.35. The highest BCUT2D eigenvalue weighted by Gasteiger charge is 2.13. The Hall–Kier alpha value is -0.380. The minimum Gasteiger partial charge on any atom is -1.00 e. The number of halogens is 1. The first-order chi connectivity index (χ1) is 5.38. The molecule has 0 fully saturated rings. The Morgan fingerprint density at radius 1 is 1.25 bits per heavy atom. The molecule has 1 aliphatic rings. The van der Waals surface area contributed by atoms with Crippen molar-refractivity contribution in [2.24, 2.45) is 0 Å². The first-order valence-corrected chi connectivity index (χ1v) is 4.03. The van der Waals surface area contributed by atoms with Gasteiger partial charge in [-0.15, -0.1) is 0 Å². The largest absolute Gasteiger partial charge is 1.00 e. The highest BCUT2D eigenvalue weighted by Crippen LogP contribution is 2.09. The van der Waals surface area contributed by atoms with Gasteiger partial charge in [0.2, 0.25) is 0 Å². The van der Waals surface area contributed by atoms with E-state index in [0.717, 1.165) is 13.0 Å². The molecule has 0 saturated carbocycles. The summed E-state index contributed by atoms with van der Waals surface area (Å²) in [6.45, 7) is 3.22. The standard InChI is InChI=1S/C10H11N.HI/c1-8-10-5-3-2-4-9(10)6-7-11-8;/h2-5H,6-7H2,1H3;1H. The molecule has 64 valence electrons. The lowest BCUT2D eigenvalue weighted by Crippen LogP contribution is -3.00. The van der Waals surface area contributed by atoms with E-state index < -0.39 is 0 Å². The average Bonchev–Trinajstić information content (AvgIpc) is 2.06. The summed E-state index contributed by atoms with van der Waals surface area (Å²) < 4.78 is 0. The smallest absolute Gasteiger partial charge is 0.178 e. The molecule has 1 aromatic rings.